The van der Waals surface area contributed by atoms with E-state index >= 15 is 0 Å². The van der Waals surface area contributed by atoms with E-state index in [1.165, 1.54) is 35.6 Å². The highest BCUT2D eigenvalue weighted by molar-refractivity contribution is 6.31. The van der Waals surface area contributed by atoms with Crippen molar-refractivity contribution in [3.05, 3.63) is 69.6 Å². The molecule has 2 aromatic carbocycles. The van der Waals surface area contributed by atoms with Gasteiger partial charge in [-0.2, -0.15) is 0 Å². The topological polar surface area (TPSA) is 8.17 Å². The predicted octanol–water partition coefficient (Wildman–Crippen LogP) is 5.29. The van der Waals surface area contributed by atoms with Gasteiger partial charge in [0.1, 0.15) is 5.82 Å². The van der Waals surface area contributed by atoms with E-state index in [-0.39, 0.29) is 5.82 Å². The van der Waals surface area contributed by atoms with Crippen molar-refractivity contribution in [2.75, 3.05) is 7.05 Å². The van der Waals surface area contributed by atoms with E-state index in [4.69, 9.17) is 11.6 Å². The van der Waals surface area contributed by atoms with E-state index in [9.17, 15) is 4.39 Å². The molecule has 2 bridgehead atoms. The molecule has 0 spiro atoms. The highest BCUT2D eigenvalue weighted by Crippen LogP contribution is 2.46. The molecule has 5 rings (SSSR count). The molecule has 0 amide bonds. The third kappa shape index (κ3) is 2.59. The number of aromatic nitrogens is 1. The number of likely N-dealkylation sites (N-methyl/N-ethyl adjacent to an activating group) is 1. The Kier molecular flexibility index (Phi) is 3.82. The number of hydrogen-bond donors (Lipinski definition) is 0. The number of hydrogen-bond acceptors (Lipinski definition) is 1. The van der Waals surface area contributed by atoms with Crippen molar-refractivity contribution in [2.45, 2.75) is 38.3 Å². The maximum Gasteiger partial charge on any atom is 0.126 e. The van der Waals surface area contributed by atoms with Crippen LogP contribution < -0.4 is 0 Å². The fourth-order valence-corrected chi connectivity index (χ4v) is 4.89. The van der Waals surface area contributed by atoms with E-state index in [1.54, 1.807) is 19.1 Å². The van der Waals surface area contributed by atoms with E-state index in [0.29, 0.717) is 17.6 Å². The molecule has 0 N–H and O–H groups in total. The van der Waals surface area contributed by atoms with Gasteiger partial charge in [-0.05, 0) is 80.3 Å². The second-order valence-corrected chi connectivity index (χ2v) is 8.11. The van der Waals surface area contributed by atoms with Crippen molar-refractivity contribution in [3.8, 4) is 12.0 Å². The Morgan fingerprint density at radius 3 is 2.81 bits per heavy atom. The summed E-state index contributed by atoms with van der Waals surface area (Å²) in [7, 11) is 2.23. The maximum atomic E-state index is 13.5. The first-order valence-electron chi connectivity index (χ1n) is 9.36. The lowest BCUT2D eigenvalue weighted by Crippen LogP contribution is -2.34. The van der Waals surface area contributed by atoms with Gasteiger partial charge in [-0.15, -0.1) is 0 Å². The maximum absolute atomic E-state index is 13.5. The van der Waals surface area contributed by atoms with Gasteiger partial charge < -0.3 is 0 Å². The second-order valence-electron chi connectivity index (χ2n) is 7.67. The van der Waals surface area contributed by atoms with Gasteiger partial charge >= 0.3 is 0 Å². The SMILES string of the molecule is Cc1cc(C#Cn2c3c(c4cc(Cl)ccc42)C2CCC(C3)N2C)ccc1F. The molecular weight excluding hydrogens is 359 g/mol. The molecule has 0 aliphatic carbocycles. The molecule has 27 heavy (non-hydrogen) atoms. The van der Waals surface area contributed by atoms with Crippen LogP contribution in [0.5, 0.6) is 0 Å². The van der Waals surface area contributed by atoms with Crippen molar-refractivity contribution in [1.29, 1.82) is 0 Å². The molecule has 0 radical (unpaired) electrons. The molecule has 2 nitrogen and oxygen atoms in total. The third-order valence-corrected chi connectivity index (χ3v) is 6.38. The van der Waals surface area contributed by atoms with Crippen molar-refractivity contribution in [1.82, 2.24) is 9.47 Å². The van der Waals surface area contributed by atoms with E-state index in [1.807, 2.05) is 6.07 Å². The largest absolute Gasteiger partial charge is 0.296 e. The van der Waals surface area contributed by atoms with Crippen LogP contribution in [0.3, 0.4) is 0 Å². The monoisotopic (exact) mass is 378 g/mol. The molecule has 2 atom stereocenters. The number of fused-ring (bicyclic) bond motifs is 6. The first kappa shape index (κ1) is 16.9. The van der Waals surface area contributed by atoms with Gasteiger partial charge in [0.15, 0.2) is 0 Å². The average molecular weight is 379 g/mol. The first-order chi connectivity index (χ1) is 13.0. The summed E-state index contributed by atoms with van der Waals surface area (Å²) in [6.45, 7) is 1.77. The standard InChI is InChI=1S/C23H20ClFN2/c1-14-11-15(3-6-19(14)25)9-10-27-20-7-4-16(24)12-18(20)23-21-8-5-17(26(21)2)13-22(23)27/h3-4,6-7,11-12,17,21H,5,8,13H2,1-2H3. The number of rotatable bonds is 0. The molecule has 3 aromatic rings. The molecule has 1 fully saturated rings. The number of benzene rings is 2. The minimum Gasteiger partial charge on any atom is -0.296 e. The molecule has 136 valence electrons. The van der Waals surface area contributed by atoms with Crippen LogP contribution in [0.25, 0.3) is 10.9 Å². The van der Waals surface area contributed by atoms with Gasteiger partial charge in [-0.25, -0.2) is 4.39 Å². The molecule has 0 saturated carbocycles. The fourth-order valence-electron chi connectivity index (χ4n) is 4.71. The molecule has 2 unspecified atom stereocenters. The lowest BCUT2D eigenvalue weighted by atomic mass is 9.97. The minimum atomic E-state index is -0.196. The Balaban J connectivity index is 1.71. The van der Waals surface area contributed by atoms with Crippen LogP contribution in [0.2, 0.25) is 5.02 Å². The first-order valence-corrected chi connectivity index (χ1v) is 9.73. The van der Waals surface area contributed by atoms with Gasteiger partial charge in [-0.3, -0.25) is 9.47 Å². The molecule has 4 heteroatoms. The molecule has 2 aliphatic rings. The van der Waals surface area contributed by atoms with Gasteiger partial charge in [-0.1, -0.05) is 11.6 Å². The van der Waals surface area contributed by atoms with Gasteiger partial charge in [0.05, 0.1) is 5.52 Å². The Morgan fingerprint density at radius 2 is 2.00 bits per heavy atom. The number of aryl methyl sites for hydroxylation is 1. The van der Waals surface area contributed by atoms with Crippen LogP contribution in [0.1, 0.15) is 41.3 Å². The summed E-state index contributed by atoms with van der Waals surface area (Å²) in [6.07, 6.45) is 3.42. The summed E-state index contributed by atoms with van der Waals surface area (Å²) in [5.74, 6) is 3.04. The molecular formula is C23H20ClFN2. The van der Waals surface area contributed by atoms with Crippen LogP contribution >= 0.6 is 11.6 Å². The smallest absolute Gasteiger partial charge is 0.126 e. The summed E-state index contributed by atoms with van der Waals surface area (Å²) in [5, 5.41) is 1.96. The van der Waals surface area contributed by atoms with E-state index < -0.39 is 0 Å². The van der Waals surface area contributed by atoms with Gasteiger partial charge in [0.25, 0.3) is 0 Å². The summed E-state index contributed by atoms with van der Waals surface area (Å²) in [4.78, 5) is 2.50. The van der Waals surface area contributed by atoms with Crippen LogP contribution in [0.4, 0.5) is 4.39 Å². The second kappa shape index (κ2) is 6.12. The normalized spacial score (nSPS) is 21.2. The van der Waals surface area contributed by atoms with Gasteiger partial charge in [0.2, 0.25) is 0 Å². The summed E-state index contributed by atoms with van der Waals surface area (Å²) in [5.41, 5.74) is 5.25. The lowest BCUT2D eigenvalue weighted by molar-refractivity contribution is 0.223. The zero-order chi connectivity index (χ0) is 18.7. The van der Waals surface area contributed by atoms with Crippen molar-refractivity contribution in [3.63, 3.8) is 0 Å². The Hall–Kier alpha value is -2.28. The summed E-state index contributed by atoms with van der Waals surface area (Å²) >= 11 is 6.32. The quantitative estimate of drug-likeness (QED) is 0.482. The van der Waals surface area contributed by atoms with Crippen LogP contribution in [0.15, 0.2) is 36.4 Å². The van der Waals surface area contributed by atoms with Crippen molar-refractivity contribution in [2.24, 2.45) is 0 Å². The minimum absolute atomic E-state index is 0.196. The zero-order valence-electron chi connectivity index (χ0n) is 15.4. The number of nitrogens with zero attached hydrogens (tertiary/aromatic N) is 2. The zero-order valence-corrected chi connectivity index (χ0v) is 16.1. The van der Waals surface area contributed by atoms with Crippen LogP contribution in [-0.4, -0.2) is 22.6 Å². The van der Waals surface area contributed by atoms with Crippen molar-refractivity contribution < 1.29 is 4.39 Å². The summed E-state index contributed by atoms with van der Waals surface area (Å²) in [6, 6.07) is 15.5. The fraction of sp³-hybridized carbons (Fsp3) is 0.304. The predicted molar refractivity (Wildman–Crippen MR) is 108 cm³/mol. The van der Waals surface area contributed by atoms with Gasteiger partial charge in [0, 0.05) is 46.2 Å². The average Bonchev–Trinajstić information content (AvgIpc) is 3.06. The molecule has 3 heterocycles. The highest BCUT2D eigenvalue weighted by Gasteiger charge is 2.40. The van der Waals surface area contributed by atoms with E-state index in [2.05, 4.69) is 40.6 Å². The Labute approximate surface area is 163 Å². The Morgan fingerprint density at radius 1 is 1.15 bits per heavy atom. The highest BCUT2D eigenvalue weighted by atomic mass is 35.5. The van der Waals surface area contributed by atoms with Crippen LogP contribution in [0, 0.1) is 24.7 Å². The van der Waals surface area contributed by atoms with Crippen molar-refractivity contribution >= 4 is 22.5 Å². The van der Waals surface area contributed by atoms with E-state index in [0.717, 1.165) is 22.5 Å². The molecule has 1 saturated heterocycles. The molecule has 2 aliphatic heterocycles. The van der Waals surface area contributed by atoms with Crippen LogP contribution in [-0.2, 0) is 6.42 Å². The lowest BCUT2D eigenvalue weighted by Gasteiger charge is -2.31. The third-order valence-electron chi connectivity index (χ3n) is 6.14. The summed E-state index contributed by atoms with van der Waals surface area (Å²) < 4.78 is 15.7. The number of halogens is 2. The molecule has 1 aromatic heterocycles. The Bertz CT molecular complexity index is 1130.